The zero-order valence-corrected chi connectivity index (χ0v) is 11.5. The van der Waals surface area contributed by atoms with Gasteiger partial charge in [-0.25, -0.2) is 9.67 Å². The number of nitrogens with zero attached hydrogens (tertiary/aromatic N) is 3. The standard InChI is InChI=1S/C14H19N5O/c1-11(4-2-7-15)14(20)18-12-5-6-13(16-10-12)19-9-3-8-17-19/h3,5-6,8-11H,2,4,7,15H2,1H3,(H,18,20). The molecule has 0 saturated carbocycles. The number of amides is 1. The fourth-order valence-electron chi connectivity index (χ4n) is 1.82. The van der Waals surface area contributed by atoms with Gasteiger partial charge in [-0.3, -0.25) is 4.79 Å². The van der Waals surface area contributed by atoms with E-state index in [0.29, 0.717) is 18.1 Å². The van der Waals surface area contributed by atoms with Gasteiger partial charge in [0.1, 0.15) is 0 Å². The van der Waals surface area contributed by atoms with Gasteiger partial charge in [0.05, 0.1) is 11.9 Å². The minimum Gasteiger partial charge on any atom is -0.330 e. The van der Waals surface area contributed by atoms with Crippen molar-refractivity contribution >= 4 is 11.6 Å². The lowest BCUT2D eigenvalue weighted by Gasteiger charge is -2.11. The Balaban J connectivity index is 1.95. The molecule has 3 N–H and O–H groups in total. The van der Waals surface area contributed by atoms with E-state index >= 15 is 0 Å². The lowest BCUT2D eigenvalue weighted by atomic mass is 10.0. The zero-order chi connectivity index (χ0) is 14.4. The summed E-state index contributed by atoms with van der Waals surface area (Å²) in [4.78, 5) is 16.2. The van der Waals surface area contributed by atoms with Gasteiger partial charge < -0.3 is 11.1 Å². The molecule has 106 valence electrons. The molecular weight excluding hydrogens is 254 g/mol. The molecule has 0 fully saturated rings. The molecule has 6 nitrogen and oxygen atoms in total. The van der Waals surface area contributed by atoms with Crippen molar-refractivity contribution in [3.63, 3.8) is 0 Å². The maximum atomic E-state index is 11.9. The van der Waals surface area contributed by atoms with Crippen molar-refractivity contribution in [3.8, 4) is 5.82 Å². The van der Waals surface area contributed by atoms with Crippen molar-refractivity contribution in [2.24, 2.45) is 11.7 Å². The third kappa shape index (κ3) is 3.64. The summed E-state index contributed by atoms with van der Waals surface area (Å²) in [6.07, 6.45) is 6.78. The number of nitrogens with one attached hydrogen (secondary N) is 1. The van der Waals surface area contributed by atoms with E-state index in [9.17, 15) is 4.79 Å². The third-order valence-electron chi connectivity index (χ3n) is 3.04. The van der Waals surface area contributed by atoms with Crippen LogP contribution in [0.3, 0.4) is 0 Å². The smallest absolute Gasteiger partial charge is 0.227 e. The van der Waals surface area contributed by atoms with Crippen LogP contribution in [0, 0.1) is 5.92 Å². The van der Waals surface area contributed by atoms with E-state index in [2.05, 4.69) is 15.4 Å². The van der Waals surface area contributed by atoms with Gasteiger partial charge in [0.15, 0.2) is 5.82 Å². The SMILES string of the molecule is CC(CCCN)C(=O)Nc1ccc(-n2cccn2)nc1. The molecule has 0 aliphatic carbocycles. The maximum absolute atomic E-state index is 11.9. The van der Waals surface area contributed by atoms with Gasteiger partial charge in [-0.05, 0) is 37.6 Å². The largest absolute Gasteiger partial charge is 0.330 e. The number of pyridine rings is 1. The molecule has 0 aliphatic rings. The van der Waals surface area contributed by atoms with E-state index in [-0.39, 0.29) is 11.8 Å². The van der Waals surface area contributed by atoms with Crippen LogP contribution < -0.4 is 11.1 Å². The Labute approximate surface area is 118 Å². The molecule has 0 spiro atoms. The molecule has 2 rings (SSSR count). The van der Waals surface area contributed by atoms with Crippen molar-refractivity contribution in [1.29, 1.82) is 0 Å². The number of hydrogen-bond acceptors (Lipinski definition) is 4. The number of rotatable bonds is 6. The summed E-state index contributed by atoms with van der Waals surface area (Å²) in [5.41, 5.74) is 6.13. The molecule has 2 heterocycles. The summed E-state index contributed by atoms with van der Waals surface area (Å²) in [5, 5.41) is 6.95. The monoisotopic (exact) mass is 273 g/mol. The Morgan fingerprint density at radius 3 is 2.95 bits per heavy atom. The van der Waals surface area contributed by atoms with E-state index in [1.807, 2.05) is 31.3 Å². The molecule has 0 aromatic carbocycles. The van der Waals surface area contributed by atoms with E-state index in [0.717, 1.165) is 12.8 Å². The molecule has 0 saturated heterocycles. The second-order valence-electron chi connectivity index (χ2n) is 4.68. The number of anilines is 1. The van der Waals surface area contributed by atoms with Crippen molar-refractivity contribution in [2.75, 3.05) is 11.9 Å². The van der Waals surface area contributed by atoms with Gasteiger partial charge in [-0.1, -0.05) is 6.92 Å². The quantitative estimate of drug-likeness (QED) is 0.836. The Hall–Kier alpha value is -2.21. The minimum absolute atomic E-state index is 0.00732. The molecule has 1 atom stereocenters. The highest BCUT2D eigenvalue weighted by atomic mass is 16.1. The molecular formula is C14H19N5O. The first-order chi connectivity index (χ1) is 9.70. The predicted molar refractivity (Wildman–Crippen MR) is 77.4 cm³/mol. The third-order valence-corrected chi connectivity index (χ3v) is 3.04. The zero-order valence-electron chi connectivity index (χ0n) is 11.5. The average Bonchev–Trinajstić information content (AvgIpc) is 2.99. The van der Waals surface area contributed by atoms with Crippen LogP contribution in [-0.4, -0.2) is 27.2 Å². The second-order valence-corrected chi connectivity index (χ2v) is 4.68. The molecule has 1 unspecified atom stereocenters. The first kappa shape index (κ1) is 14.2. The highest BCUT2D eigenvalue weighted by molar-refractivity contribution is 5.92. The molecule has 6 heteroatoms. The van der Waals surface area contributed by atoms with Crippen molar-refractivity contribution in [2.45, 2.75) is 19.8 Å². The Morgan fingerprint density at radius 1 is 1.50 bits per heavy atom. The Kier molecular flexibility index (Phi) is 4.84. The van der Waals surface area contributed by atoms with Gasteiger partial charge in [0.2, 0.25) is 5.91 Å². The van der Waals surface area contributed by atoms with E-state index in [1.165, 1.54) is 0 Å². The summed E-state index contributed by atoms with van der Waals surface area (Å²) in [7, 11) is 0. The fourth-order valence-corrected chi connectivity index (χ4v) is 1.82. The van der Waals surface area contributed by atoms with Crippen LogP contribution in [0.5, 0.6) is 0 Å². The van der Waals surface area contributed by atoms with Crippen molar-refractivity contribution in [3.05, 3.63) is 36.8 Å². The summed E-state index contributed by atoms with van der Waals surface area (Å²) in [6, 6.07) is 5.46. The minimum atomic E-state index is -0.0515. The Bertz CT molecular complexity index is 535. The van der Waals surface area contributed by atoms with Crippen LogP contribution in [0.25, 0.3) is 5.82 Å². The van der Waals surface area contributed by atoms with Crippen LogP contribution in [0.4, 0.5) is 5.69 Å². The second kappa shape index (κ2) is 6.81. The van der Waals surface area contributed by atoms with Crippen molar-refractivity contribution < 1.29 is 4.79 Å². The molecule has 20 heavy (non-hydrogen) atoms. The number of carbonyl (C=O) groups is 1. The highest BCUT2D eigenvalue weighted by Gasteiger charge is 2.12. The lowest BCUT2D eigenvalue weighted by Crippen LogP contribution is -2.21. The van der Waals surface area contributed by atoms with E-state index in [4.69, 9.17) is 5.73 Å². The molecule has 0 aliphatic heterocycles. The number of hydrogen-bond donors (Lipinski definition) is 2. The summed E-state index contributed by atoms with van der Waals surface area (Å²) in [5.74, 6) is 0.653. The molecule has 0 radical (unpaired) electrons. The van der Waals surface area contributed by atoms with Gasteiger partial charge in [0, 0.05) is 18.3 Å². The molecule has 2 aromatic heterocycles. The van der Waals surface area contributed by atoms with Crippen LogP contribution in [0.15, 0.2) is 36.8 Å². The van der Waals surface area contributed by atoms with Crippen LogP contribution in [0.2, 0.25) is 0 Å². The predicted octanol–water partition coefficient (Wildman–Crippen LogP) is 1.58. The van der Waals surface area contributed by atoms with Gasteiger partial charge >= 0.3 is 0 Å². The first-order valence-corrected chi connectivity index (χ1v) is 6.67. The van der Waals surface area contributed by atoms with Gasteiger partial charge in [-0.2, -0.15) is 5.10 Å². The van der Waals surface area contributed by atoms with E-state index in [1.54, 1.807) is 17.1 Å². The number of nitrogens with two attached hydrogens (primary N) is 1. The van der Waals surface area contributed by atoms with E-state index < -0.39 is 0 Å². The summed E-state index contributed by atoms with van der Waals surface area (Å²) < 4.78 is 1.66. The van der Waals surface area contributed by atoms with Crippen molar-refractivity contribution in [1.82, 2.24) is 14.8 Å². The van der Waals surface area contributed by atoms with Crippen LogP contribution >= 0.6 is 0 Å². The summed E-state index contributed by atoms with van der Waals surface area (Å²) >= 11 is 0. The van der Waals surface area contributed by atoms with Gasteiger partial charge in [0.25, 0.3) is 0 Å². The van der Waals surface area contributed by atoms with Crippen LogP contribution in [-0.2, 0) is 4.79 Å². The number of carbonyl (C=O) groups excluding carboxylic acids is 1. The topological polar surface area (TPSA) is 85.8 Å². The summed E-state index contributed by atoms with van der Waals surface area (Å²) in [6.45, 7) is 2.51. The lowest BCUT2D eigenvalue weighted by molar-refractivity contribution is -0.119. The van der Waals surface area contributed by atoms with Gasteiger partial charge in [-0.15, -0.1) is 0 Å². The fraction of sp³-hybridized carbons (Fsp3) is 0.357. The Morgan fingerprint density at radius 2 is 2.35 bits per heavy atom. The highest BCUT2D eigenvalue weighted by Crippen LogP contribution is 2.12. The normalized spacial score (nSPS) is 12.1. The molecule has 0 bridgehead atoms. The molecule has 2 aromatic rings. The molecule has 1 amide bonds. The van der Waals surface area contributed by atoms with Crippen LogP contribution in [0.1, 0.15) is 19.8 Å². The maximum Gasteiger partial charge on any atom is 0.227 e. The number of aromatic nitrogens is 3. The first-order valence-electron chi connectivity index (χ1n) is 6.67. The average molecular weight is 273 g/mol.